The quantitative estimate of drug-likeness (QED) is 0.254. The van der Waals surface area contributed by atoms with Gasteiger partial charge in [-0.15, -0.1) is 0 Å². The molecule has 0 aliphatic carbocycles. The van der Waals surface area contributed by atoms with E-state index in [-0.39, 0.29) is 13.2 Å². The van der Waals surface area contributed by atoms with Crippen LogP contribution >= 0.6 is 0 Å². The van der Waals surface area contributed by atoms with Crippen LogP contribution in [0.3, 0.4) is 0 Å². The largest absolute Gasteiger partial charge is 0.488 e. The molecule has 0 bridgehead atoms. The van der Waals surface area contributed by atoms with Gasteiger partial charge in [0.25, 0.3) is 0 Å². The van der Waals surface area contributed by atoms with Crippen LogP contribution in [-0.4, -0.2) is 37.4 Å². The zero-order chi connectivity index (χ0) is 23.1. The van der Waals surface area contributed by atoms with Gasteiger partial charge < -0.3 is 18.9 Å². The number of esters is 2. The lowest BCUT2D eigenvalue weighted by Crippen LogP contribution is -2.21. The molecule has 3 aromatic carbocycles. The zero-order valence-electron chi connectivity index (χ0n) is 18.2. The molecule has 0 aliphatic heterocycles. The Bertz CT molecular complexity index is 1000. The molecule has 0 N–H and O–H groups in total. The van der Waals surface area contributed by atoms with Crippen LogP contribution in [-0.2, 0) is 19.1 Å². The first-order chi connectivity index (χ1) is 15.4. The molecule has 0 spiro atoms. The molecule has 6 nitrogen and oxygen atoms in total. The number of fused-ring (bicyclic) bond motifs is 2. The lowest BCUT2D eigenvalue weighted by Gasteiger charge is -2.20. The van der Waals surface area contributed by atoms with Gasteiger partial charge in [-0.2, -0.15) is 0 Å². The Morgan fingerprint density at radius 3 is 1.31 bits per heavy atom. The van der Waals surface area contributed by atoms with Gasteiger partial charge in [0.2, 0.25) is 0 Å². The Hall–Kier alpha value is -3.80. The number of carbonyl (C=O) groups is 2. The van der Waals surface area contributed by atoms with E-state index in [4.69, 9.17) is 18.9 Å². The molecular formula is C26H26O6. The number of hydrogen-bond donors (Lipinski definition) is 0. The fourth-order valence-electron chi connectivity index (χ4n) is 3.32. The molecule has 0 saturated carbocycles. The molecule has 32 heavy (non-hydrogen) atoms. The van der Waals surface area contributed by atoms with Gasteiger partial charge in [-0.3, -0.25) is 0 Å². The minimum atomic E-state index is -0.495. The minimum Gasteiger partial charge on any atom is -0.488 e. The van der Waals surface area contributed by atoms with E-state index >= 15 is 0 Å². The van der Waals surface area contributed by atoms with Crippen molar-refractivity contribution in [2.24, 2.45) is 0 Å². The van der Waals surface area contributed by atoms with Crippen LogP contribution in [0, 0.1) is 0 Å². The van der Waals surface area contributed by atoms with E-state index in [1.54, 1.807) is 13.8 Å². The standard InChI is InChI=1S/C26H26O6/c1-5-23(27)31-17(3)15-29-25-19-11-7-9-13-21(19)26(22-14-10-8-12-20(22)25)30-16-18(4)32-24(28)6-2/h5-14,17-18H,1-2,15-16H2,3-4H3. The number of carbonyl (C=O) groups excluding carboxylic acids is 2. The monoisotopic (exact) mass is 434 g/mol. The van der Waals surface area contributed by atoms with Gasteiger partial charge in [0.15, 0.2) is 0 Å². The summed E-state index contributed by atoms with van der Waals surface area (Å²) < 4.78 is 22.7. The first-order valence-corrected chi connectivity index (χ1v) is 10.3. The van der Waals surface area contributed by atoms with Gasteiger partial charge in [0.1, 0.15) is 36.9 Å². The second-order valence-electron chi connectivity index (χ2n) is 7.27. The van der Waals surface area contributed by atoms with E-state index in [0.717, 1.165) is 33.7 Å². The normalized spacial score (nSPS) is 12.6. The Labute approximate surface area is 187 Å². The van der Waals surface area contributed by atoms with Crippen molar-refractivity contribution in [3.8, 4) is 11.5 Å². The summed E-state index contributed by atoms with van der Waals surface area (Å²) in [6.07, 6.45) is 1.35. The smallest absolute Gasteiger partial charge is 0.330 e. The van der Waals surface area contributed by atoms with Crippen molar-refractivity contribution in [3.05, 3.63) is 73.8 Å². The Morgan fingerprint density at radius 1 is 0.719 bits per heavy atom. The fourth-order valence-corrected chi connectivity index (χ4v) is 3.32. The topological polar surface area (TPSA) is 71.1 Å². The van der Waals surface area contributed by atoms with Crippen molar-refractivity contribution in [1.29, 1.82) is 0 Å². The summed E-state index contributed by atoms with van der Waals surface area (Å²) in [7, 11) is 0. The van der Waals surface area contributed by atoms with E-state index in [2.05, 4.69) is 13.2 Å². The highest BCUT2D eigenvalue weighted by Gasteiger charge is 2.18. The number of benzene rings is 3. The van der Waals surface area contributed by atoms with E-state index in [1.165, 1.54) is 0 Å². The second-order valence-corrected chi connectivity index (χ2v) is 7.27. The maximum absolute atomic E-state index is 11.5. The van der Waals surface area contributed by atoms with Gasteiger partial charge in [-0.25, -0.2) is 9.59 Å². The minimum absolute atomic E-state index is 0.183. The highest BCUT2D eigenvalue weighted by molar-refractivity contribution is 6.11. The predicted octanol–water partition coefficient (Wildman–Crippen LogP) is 4.99. The van der Waals surface area contributed by atoms with Crippen LogP contribution in [0.1, 0.15) is 13.8 Å². The molecule has 0 radical (unpaired) electrons. The summed E-state index contributed by atoms with van der Waals surface area (Å²) in [5, 5.41) is 3.44. The highest BCUT2D eigenvalue weighted by Crippen LogP contribution is 2.42. The second kappa shape index (κ2) is 10.5. The lowest BCUT2D eigenvalue weighted by molar-refractivity contribution is -0.144. The highest BCUT2D eigenvalue weighted by atomic mass is 16.6. The Balaban J connectivity index is 1.97. The van der Waals surface area contributed by atoms with Crippen molar-refractivity contribution in [2.75, 3.05) is 13.2 Å². The predicted molar refractivity (Wildman–Crippen MR) is 124 cm³/mol. The third-order valence-electron chi connectivity index (χ3n) is 4.73. The number of ether oxygens (including phenoxy) is 4. The average Bonchev–Trinajstić information content (AvgIpc) is 2.80. The SMILES string of the molecule is C=CC(=O)OC(C)COc1c2ccccc2c(OCC(C)OC(=O)C=C)c2ccccc12. The molecule has 3 rings (SSSR count). The van der Waals surface area contributed by atoms with Crippen LogP contribution in [0.4, 0.5) is 0 Å². The summed E-state index contributed by atoms with van der Waals surface area (Å²) in [6.45, 7) is 10.7. The number of hydrogen-bond acceptors (Lipinski definition) is 6. The Morgan fingerprint density at radius 2 is 1.03 bits per heavy atom. The first kappa shape index (κ1) is 22.9. The Kier molecular flexibility index (Phi) is 7.49. The van der Waals surface area contributed by atoms with Crippen LogP contribution in [0.25, 0.3) is 21.5 Å². The van der Waals surface area contributed by atoms with E-state index in [1.807, 2.05) is 48.5 Å². The van der Waals surface area contributed by atoms with Gasteiger partial charge in [-0.1, -0.05) is 61.7 Å². The van der Waals surface area contributed by atoms with Gasteiger partial charge in [0.05, 0.1) is 0 Å². The van der Waals surface area contributed by atoms with Crippen molar-refractivity contribution in [2.45, 2.75) is 26.1 Å². The molecule has 0 aliphatic rings. The van der Waals surface area contributed by atoms with Crippen LogP contribution < -0.4 is 9.47 Å². The molecule has 2 unspecified atom stereocenters. The number of rotatable bonds is 10. The third kappa shape index (κ3) is 5.27. The maximum Gasteiger partial charge on any atom is 0.330 e. The summed E-state index contributed by atoms with van der Waals surface area (Å²) in [4.78, 5) is 22.9. The van der Waals surface area contributed by atoms with Crippen molar-refractivity contribution >= 4 is 33.5 Å². The molecule has 166 valence electrons. The summed E-state index contributed by atoms with van der Waals surface area (Å²) >= 11 is 0. The van der Waals surface area contributed by atoms with Crippen LogP contribution in [0.2, 0.25) is 0 Å². The van der Waals surface area contributed by atoms with Crippen molar-refractivity contribution in [3.63, 3.8) is 0 Å². The molecule has 2 atom stereocenters. The molecule has 0 fully saturated rings. The first-order valence-electron chi connectivity index (χ1n) is 10.3. The molecule has 0 saturated heterocycles. The van der Waals surface area contributed by atoms with Crippen LogP contribution in [0.15, 0.2) is 73.8 Å². The molecule has 0 aromatic heterocycles. The third-order valence-corrected chi connectivity index (χ3v) is 4.73. The fraction of sp³-hybridized carbons (Fsp3) is 0.231. The van der Waals surface area contributed by atoms with Gasteiger partial charge in [-0.05, 0) is 13.8 Å². The van der Waals surface area contributed by atoms with E-state index < -0.39 is 24.1 Å². The van der Waals surface area contributed by atoms with Crippen molar-refractivity contribution < 1.29 is 28.5 Å². The lowest BCUT2D eigenvalue weighted by atomic mass is 10.0. The maximum atomic E-state index is 11.5. The molecule has 0 amide bonds. The molecule has 0 heterocycles. The van der Waals surface area contributed by atoms with Gasteiger partial charge in [0, 0.05) is 33.7 Å². The molecular weight excluding hydrogens is 408 g/mol. The average molecular weight is 434 g/mol. The molecule has 6 heteroatoms. The van der Waals surface area contributed by atoms with Gasteiger partial charge >= 0.3 is 11.9 Å². The van der Waals surface area contributed by atoms with E-state index in [9.17, 15) is 9.59 Å². The van der Waals surface area contributed by atoms with Crippen LogP contribution in [0.5, 0.6) is 11.5 Å². The zero-order valence-corrected chi connectivity index (χ0v) is 18.2. The summed E-state index contributed by atoms with van der Waals surface area (Å²) in [5.41, 5.74) is 0. The summed E-state index contributed by atoms with van der Waals surface area (Å²) in [6, 6.07) is 15.5. The van der Waals surface area contributed by atoms with E-state index in [0.29, 0.717) is 11.5 Å². The summed E-state index contributed by atoms with van der Waals surface area (Å²) in [5.74, 6) is 0.365. The molecule has 3 aromatic rings. The van der Waals surface area contributed by atoms with Crippen molar-refractivity contribution in [1.82, 2.24) is 0 Å².